The van der Waals surface area contributed by atoms with Crippen molar-refractivity contribution in [2.24, 2.45) is 0 Å². The minimum atomic E-state index is -0.334. The zero-order chi connectivity index (χ0) is 13.0. The second-order valence-electron chi connectivity index (χ2n) is 5.79. The molecule has 104 valence electrons. The van der Waals surface area contributed by atoms with Crippen LogP contribution in [0.3, 0.4) is 0 Å². The molecule has 2 atom stereocenters. The van der Waals surface area contributed by atoms with Crippen LogP contribution in [0.4, 0.5) is 0 Å². The number of likely N-dealkylation sites (N-methyl/N-ethyl adjacent to an activating group) is 1. The molecule has 2 N–H and O–H groups in total. The third-order valence-electron chi connectivity index (χ3n) is 4.48. The Bertz CT molecular complexity index is 277. The molecule has 1 amide bonds. The molecule has 0 saturated heterocycles. The van der Waals surface area contributed by atoms with Crippen LogP contribution in [0.5, 0.6) is 0 Å². The Morgan fingerprint density at radius 1 is 1.17 bits per heavy atom. The van der Waals surface area contributed by atoms with Gasteiger partial charge in [-0.3, -0.25) is 4.79 Å². The van der Waals surface area contributed by atoms with E-state index in [0.717, 1.165) is 25.7 Å². The first kappa shape index (κ1) is 13.8. The summed E-state index contributed by atoms with van der Waals surface area (Å²) in [4.78, 5) is 13.9. The van der Waals surface area contributed by atoms with Gasteiger partial charge in [0.05, 0.1) is 18.7 Å². The third kappa shape index (κ3) is 3.45. The largest absolute Gasteiger partial charge is 0.391 e. The van der Waals surface area contributed by atoms with Crippen LogP contribution >= 0.6 is 0 Å². The van der Waals surface area contributed by atoms with Gasteiger partial charge in [-0.25, -0.2) is 0 Å². The van der Waals surface area contributed by atoms with Crippen molar-refractivity contribution in [2.75, 3.05) is 13.6 Å². The molecule has 0 heterocycles. The number of aliphatic hydroxyl groups is 1. The van der Waals surface area contributed by atoms with Crippen LogP contribution < -0.4 is 5.32 Å². The highest BCUT2D eigenvalue weighted by atomic mass is 16.3. The summed E-state index contributed by atoms with van der Waals surface area (Å²) in [6.45, 7) is 0.421. The van der Waals surface area contributed by atoms with E-state index in [2.05, 4.69) is 5.32 Å². The summed E-state index contributed by atoms with van der Waals surface area (Å²) in [5.74, 6) is 0.118. The Morgan fingerprint density at radius 2 is 1.78 bits per heavy atom. The Labute approximate surface area is 110 Å². The molecule has 0 aliphatic heterocycles. The molecule has 2 aliphatic rings. The number of hydrogen-bond donors (Lipinski definition) is 2. The van der Waals surface area contributed by atoms with Gasteiger partial charge in [0.1, 0.15) is 0 Å². The van der Waals surface area contributed by atoms with Gasteiger partial charge < -0.3 is 15.3 Å². The number of hydrogen-bond acceptors (Lipinski definition) is 3. The van der Waals surface area contributed by atoms with E-state index in [1.807, 2.05) is 7.05 Å². The molecule has 2 unspecified atom stereocenters. The van der Waals surface area contributed by atoms with Gasteiger partial charge >= 0.3 is 0 Å². The van der Waals surface area contributed by atoms with Crippen molar-refractivity contribution in [3.8, 4) is 0 Å². The maximum atomic E-state index is 12.1. The Hall–Kier alpha value is -0.610. The number of carbonyl (C=O) groups excluding carboxylic acids is 1. The first-order chi connectivity index (χ1) is 8.68. The number of rotatable bonds is 4. The van der Waals surface area contributed by atoms with E-state index in [1.54, 1.807) is 4.90 Å². The maximum Gasteiger partial charge on any atom is 0.236 e. The zero-order valence-corrected chi connectivity index (χ0v) is 11.4. The van der Waals surface area contributed by atoms with Gasteiger partial charge in [0.2, 0.25) is 5.91 Å². The Morgan fingerprint density at radius 3 is 2.44 bits per heavy atom. The van der Waals surface area contributed by atoms with Crippen LogP contribution in [0.2, 0.25) is 0 Å². The first-order valence-corrected chi connectivity index (χ1v) is 7.35. The average molecular weight is 254 g/mol. The SMILES string of the molecule is CN(C(=O)CNC1CCCC1)C1CCCCC1O. The quantitative estimate of drug-likeness (QED) is 0.794. The number of amides is 1. The molecule has 2 aliphatic carbocycles. The second-order valence-corrected chi connectivity index (χ2v) is 5.79. The van der Waals surface area contributed by atoms with E-state index in [0.29, 0.717) is 12.6 Å². The molecule has 4 heteroatoms. The molecule has 18 heavy (non-hydrogen) atoms. The van der Waals surface area contributed by atoms with Gasteiger partial charge in [0, 0.05) is 13.1 Å². The van der Waals surface area contributed by atoms with Crippen molar-refractivity contribution in [3.63, 3.8) is 0 Å². The molecule has 0 radical (unpaired) electrons. The summed E-state index contributed by atoms with van der Waals surface area (Å²) in [6, 6.07) is 0.551. The summed E-state index contributed by atoms with van der Waals surface area (Å²) in [5, 5.41) is 13.3. The van der Waals surface area contributed by atoms with Crippen molar-refractivity contribution in [2.45, 2.75) is 69.6 Å². The molecule has 2 saturated carbocycles. The van der Waals surface area contributed by atoms with E-state index in [1.165, 1.54) is 25.7 Å². The lowest BCUT2D eigenvalue weighted by Crippen LogP contribution is -2.49. The van der Waals surface area contributed by atoms with Crippen LogP contribution in [0.15, 0.2) is 0 Å². The zero-order valence-electron chi connectivity index (χ0n) is 11.4. The molecule has 0 spiro atoms. The Balaban J connectivity index is 1.76. The van der Waals surface area contributed by atoms with E-state index >= 15 is 0 Å². The number of nitrogens with zero attached hydrogens (tertiary/aromatic N) is 1. The molecule has 2 rings (SSSR count). The van der Waals surface area contributed by atoms with Crippen LogP contribution in [-0.4, -0.2) is 47.7 Å². The monoisotopic (exact) mass is 254 g/mol. The second kappa shape index (κ2) is 6.53. The van der Waals surface area contributed by atoms with E-state index in [-0.39, 0.29) is 18.1 Å². The van der Waals surface area contributed by atoms with Crippen molar-refractivity contribution in [1.82, 2.24) is 10.2 Å². The fraction of sp³-hybridized carbons (Fsp3) is 0.929. The van der Waals surface area contributed by atoms with Gasteiger partial charge in [-0.15, -0.1) is 0 Å². The molecule has 2 fully saturated rings. The lowest BCUT2D eigenvalue weighted by atomic mass is 9.91. The summed E-state index contributed by atoms with van der Waals surface area (Å²) in [5.41, 5.74) is 0. The van der Waals surface area contributed by atoms with Crippen LogP contribution in [0.1, 0.15) is 51.4 Å². The first-order valence-electron chi connectivity index (χ1n) is 7.35. The molecule has 0 aromatic heterocycles. The standard InChI is InChI=1S/C14H26N2O2/c1-16(12-8-4-5-9-13(12)17)14(18)10-15-11-6-2-3-7-11/h11-13,15,17H,2-10H2,1H3. The molecule has 4 nitrogen and oxygen atoms in total. The van der Waals surface area contributed by atoms with E-state index < -0.39 is 0 Å². The highest BCUT2D eigenvalue weighted by molar-refractivity contribution is 5.78. The average Bonchev–Trinajstić information content (AvgIpc) is 2.89. The predicted molar refractivity (Wildman–Crippen MR) is 71.3 cm³/mol. The Kier molecular flexibility index (Phi) is 5.01. The van der Waals surface area contributed by atoms with Crippen molar-refractivity contribution < 1.29 is 9.90 Å². The number of aliphatic hydroxyl groups excluding tert-OH is 1. The molecule has 0 bridgehead atoms. The van der Waals surface area contributed by atoms with Gasteiger partial charge in [-0.2, -0.15) is 0 Å². The smallest absolute Gasteiger partial charge is 0.236 e. The normalized spacial score (nSPS) is 29.4. The van der Waals surface area contributed by atoms with Gasteiger partial charge in [0.15, 0.2) is 0 Å². The minimum absolute atomic E-state index is 0.0247. The lowest BCUT2D eigenvalue weighted by Gasteiger charge is -2.35. The summed E-state index contributed by atoms with van der Waals surface area (Å²) >= 11 is 0. The van der Waals surface area contributed by atoms with Crippen molar-refractivity contribution in [1.29, 1.82) is 0 Å². The summed E-state index contributed by atoms with van der Waals surface area (Å²) < 4.78 is 0. The fourth-order valence-electron chi connectivity index (χ4n) is 3.21. The number of carbonyl (C=O) groups is 1. The van der Waals surface area contributed by atoms with Crippen molar-refractivity contribution in [3.05, 3.63) is 0 Å². The topological polar surface area (TPSA) is 52.6 Å². The van der Waals surface area contributed by atoms with Crippen LogP contribution in [0, 0.1) is 0 Å². The van der Waals surface area contributed by atoms with Gasteiger partial charge in [-0.05, 0) is 25.7 Å². The van der Waals surface area contributed by atoms with E-state index in [4.69, 9.17) is 0 Å². The number of nitrogens with one attached hydrogen (secondary N) is 1. The predicted octanol–water partition coefficient (Wildman–Crippen LogP) is 1.28. The highest BCUT2D eigenvalue weighted by Gasteiger charge is 2.29. The summed E-state index contributed by atoms with van der Waals surface area (Å²) in [7, 11) is 1.83. The molecular weight excluding hydrogens is 228 g/mol. The third-order valence-corrected chi connectivity index (χ3v) is 4.48. The van der Waals surface area contributed by atoms with Gasteiger partial charge in [0.25, 0.3) is 0 Å². The molecule has 0 aromatic carbocycles. The van der Waals surface area contributed by atoms with E-state index in [9.17, 15) is 9.90 Å². The lowest BCUT2D eigenvalue weighted by molar-refractivity contribution is -0.134. The molecular formula is C14H26N2O2. The fourth-order valence-corrected chi connectivity index (χ4v) is 3.21. The van der Waals surface area contributed by atoms with Crippen LogP contribution in [0.25, 0.3) is 0 Å². The maximum absolute atomic E-state index is 12.1. The minimum Gasteiger partial charge on any atom is -0.391 e. The molecule has 0 aromatic rings. The highest BCUT2D eigenvalue weighted by Crippen LogP contribution is 2.22. The van der Waals surface area contributed by atoms with Crippen molar-refractivity contribution >= 4 is 5.91 Å². The van der Waals surface area contributed by atoms with Gasteiger partial charge in [-0.1, -0.05) is 25.7 Å². The summed E-state index contributed by atoms with van der Waals surface area (Å²) in [6.07, 6.45) is 8.60. The van der Waals surface area contributed by atoms with Crippen LogP contribution in [-0.2, 0) is 4.79 Å².